The summed E-state index contributed by atoms with van der Waals surface area (Å²) in [5.41, 5.74) is 0.452. The van der Waals surface area contributed by atoms with Crippen LogP contribution in [0.4, 0.5) is 8.78 Å². The van der Waals surface area contributed by atoms with Gasteiger partial charge in [0, 0.05) is 31.3 Å². The van der Waals surface area contributed by atoms with Crippen LogP contribution in [0.5, 0.6) is 0 Å². The lowest BCUT2D eigenvalue weighted by Gasteiger charge is -2.22. The monoisotopic (exact) mass is 396 g/mol. The fourth-order valence-electron chi connectivity index (χ4n) is 2.34. The van der Waals surface area contributed by atoms with Gasteiger partial charge in [0.1, 0.15) is 36.9 Å². The summed E-state index contributed by atoms with van der Waals surface area (Å²) in [5.74, 6) is -1.12. The molecule has 11 nitrogen and oxygen atoms in total. The van der Waals surface area contributed by atoms with E-state index in [4.69, 9.17) is 15.3 Å². The van der Waals surface area contributed by atoms with E-state index in [1.165, 1.54) is 24.8 Å². The number of rotatable bonds is 8. The van der Waals surface area contributed by atoms with E-state index in [0.29, 0.717) is 38.3 Å². The lowest BCUT2D eigenvalue weighted by molar-refractivity contribution is -0.742. The normalized spacial score (nSPS) is 10.5. The maximum Gasteiger partial charge on any atom is 0.291 e. The van der Waals surface area contributed by atoms with Crippen LogP contribution in [-0.2, 0) is 19.6 Å². The zero-order chi connectivity index (χ0) is 20.4. The fraction of sp³-hybridized carbons (Fsp3) is 0.333. The summed E-state index contributed by atoms with van der Waals surface area (Å²) in [7, 11) is 0. The molecular formula is C15H18F2N8O3. The predicted molar refractivity (Wildman–Crippen MR) is 90.5 cm³/mol. The molecule has 1 aromatic carbocycles. The SMILES string of the molecule is Fc1ccc(CN(CCn2cncn2)CCn2cncn2)c(F)c1.O=[N+]([O-])O. The Balaban J connectivity index is 0.000000640. The average molecular weight is 396 g/mol. The van der Waals surface area contributed by atoms with Gasteiger partial charge in [-0.25, -0.2) is 18.7 Å². The molecule has 3 aromatic rings. The van der Waals surface area contributed by atoms with Crippen LogP contribution in [0, 0.1) is 21.7 Å². The van der Waals surface area contributed by atoms with Crippen molar-refractivity contribution in [3.63, 3.8) is 0 Å². The van der Waals surface area contributed by atoms with E-state index in [-0.39, 0.29) is 0 Å². The second-order valence-corrected chi connectivity index (χ2v) is 5.57. The molecule has 1 N–H and O–H groups in total. The second-order valence-electron chi connectivity index (χ2n) is 5.57. The molecule has 0 unspecified atom stereocenters. The molecule has 2 aromatic heterocycles. The van der Waals surface area contributed by atoms with E-state index < -0.39 is 16.7 Å². The molecule has 0 fully saturated rings. The summed E-state index contributed by atoms with van der Waals surface area (Å²) >= 11 is 0. The summed E-state index contributed by atoms with van der Waals surface area (Å²) in [6.07, 6.45) is 6.21. The lowest BCUT2D eigenvalue weighted by atomic mass is 10.2. The highest BCUT2D eigenvalue weighted by Crippen LogP contribution is 2.12. The van der Waals surface area contributed by atoms with Gasteiger partial charge in [0.15, 0.2) is 0 Å². The number of hydrogen-bond donors (Lipinski definition) is 1. The van der Waals surface area contributed by atoms with Crippen molar-refractivity contribution < 1.29 is 19.1 Å². The van der Waals surface area contributed by atoms with Gasteiger partial charge in [-0.05, 0) is 6.07 Å². The first-order valence-corrected chi connectivity index (χ1v) is 8.08. The lowest BCUT2D eigenvalue weighted by Crippen LogP contribution is -2.31. The molecule has 2 heterocycles. The van der Waals surface area contributed by atoms with Gasteiger partial charge in [-0.15, -0.1) is 10.1 Å². The first-order valence-electron chi connectivity index (χ1n) is 8.08. The molecule has 3 rings (SSSR count). The summed E-state index contributed by atoms with van der Waals surface area (Å²) in [6.45, 7) is 2.92. The van der Waals surface area contributed by atoms with Crippen LogP contribution in [0.2, 0.25) is 0 Å². The molecule has 0 aliphatic rings. The average Bonchev–Trinajstić information content (AvgIpc) is 3.32. The van der Waals surface area contributed by atoms with Crippen molar-refractivity contribution in [2.45, 2.75) is 19.6 Å². The van der Waals surface area contributed by atoms with Crippen LogP contribution < -0.4 is 0 Å². The van der Waals surface area contributed by atoms with Crippen molar-refractivity contribution in [3.8, 4) is 0 Å². The number of halogens is 2. The molecule has 0 aliphatic heterocycles. The third-order valence-corrected chi connectivity index (χ3v) is 3.63. The van der Waals surface area contributed by atoms with E-state index in [0.717, 1.165) is 6.07 Å². The zero-order valence-corrected chi connectivity index (χ0v) is 14.7. The van der Waals surface area contributed by atoms with Gasteiger partial charge < -0.3 is 5.21 Å². The maximum atomic E-state index is 13.9. The van der Waals surface area contributed by atoms with Gasteiger partial charge in [-0.3, -0.25) is 14.3 Å². The predicted octanol–water partition coefficient (Wildman–Crippen LogP) is 1.00. The second kappa shape index (κ2) is 10.6. The summed E-state index contributed by atoms with van der Waals surface area (Å²) in [4.78, 5) is 18.2. The number of benzene rings is 1. The molecule has 150 valence electrons. The minimum Gasteiger partial charge on any atom is -0.328 e. The van der Waals surface area contributed by atoms with Crippen molar-refractivity contribution in [2.24, 2.45) is 0 Å². The van der Waals surface area contributed by atoms with E-state index in [9.17, 15) is 8.78 Å². The number of nitrogens with zero attached hydrogens (tertiary/aromatic N) is 8. The molecule has 0 saturated carbocycles. The Morgan fingerprint density at radius 3 is 2.04 bits per heavy atom. The van der Waals surface area contributed by atoms with Gasteiger partial charge in [-0.1, -0.05) is 6.07 Å². The number of aromatic nitrogens is 6. The van der Waals surface area contributed by atoms with Crippen LogP contribution in [0.3, 0.4) is 0 Å². The molecule has 0 aliphatic carbocycles. The Hall–Kier alpha value is -3.48. The summed E-state index contributed by atoms with van der Waals surface area (Å²) in [6, 6.07) is 3.65. The standard InChI is InChI=1S/C15H17F2N7.HNO3/c16-14-2-1-13(15(17)7-14)8-22(3-5-23-11-18-9-20-23)4-6-24-12-19-10-21-24;2-1(3)4/h1-2,7,9-12H,3-6,8H2;(H,2,3,4). The fourth-order valence-corrected chi connectivity index (χ4v) is 2.34. The quantitative estimate of drug-likeness (QED) is 0.441. The Morgan fingerprint density at radius 1 is 1.07 bits per heavy atom. The van der Waals surface area contributed by atoms with Crippen molar-refractivity contribution in [1.82, 2.24) is 34.4 Å². The van der Waals surface area contributed by atoms with E-state index in [1.807, 2.05) is 0 Å². The van der Waals surface area contributed by atoms with Gasteiger partial charge in [-0.2, -0.15) is 10.2 Å². The third-order valence-electron chi connectivity index (χ3n) is 3.63. The van der Waals surface area contributed by atoms with E-state index in [1.54, 1.807) is 22.0 Å². The van der Waals surface area contributed by atoms with Crippen LogP contribution >= 0.6 is 0 Å². The summed E-state index contributed by atoms with van der Waals surface area (Å²) in [5, 5.41) is 21.8. The molecule has 0 atom stereocenters. The van der Waals surface area contributed by atoms with Crippen molar-refractivity contribution >= 4 is 0 Å². The molecule has 0 amide bonds. The van der Waals surface area contributed by atoms with Gasteiger partial charge in [0.25, 0.3) is 5.09 Å². The van der Waals surface area contributed by atoms with E-state index in [2.05, 4.69) is 25.1 Å². The molecule has 13 heteroatoms. The molecule has 0 radical (unpaired) electrons. The highest BCUT2D eigenvalue weighted by atomic mass is 19.1. The molecule has 0 bridgehead atoms. The highest BCUT2D eigenvalue weighted by molar-refractivity contribution is 5.18. The zero-order valence-electron chi connectivity index (χ0n) is 14.7. The topological polar surface area (TPSA) is 128 Å². The maximum absolute atomic E-state index is 13.9. The largest absolute Gasteiger partial charge is 0.328 e. The van der Waals surface area contributed by atoms with E-state index >= 15 is 0 Å². The van der Waals surface area contributed by atoms with Crippen LogP contribution in [-0.4, -0.2) is 57.8 Å². The van der Waals surface area contributed by atoms with Crippen LogP contribution in [0.1, 0.15) is 5.56 Å². The Bertz CT molecular complexity index is 803. The highest BCUT2D eigenvalue weighted by Gasteiger charge is 2.11. The Labute approximate surface area is 158 Å². The first kappa shape index (κ1) is 20.8. The molecular weight excluding hydrogens is 378 g/mol. The summed E-state index contributed by atoms with van der Waals surface area (Å²) < 4.78 is 30.4. The smallest absolute Gasteiger partial charge is 0.291 e. The van der Waals surface area contributed by atoms with Gasteiger partial charge >= 0.3 is 0 Å². The van der Waals surface area contributed by atoms with Crippen molar-refractivity contribution in [2.75, 3.05) is 13.1 Å². The Kier molecular flexibility index (Phi) is 7.90. The first-order chi connectivity index (χ1) is 13.4. The molecule has 28 heavy (non-hydrogen) atoms. The van der Waals surface area contributed by atoms with Crippen LogP contribution in [0.15, 0.2) is 43.5 Å². The molecule has 0 saturated heterocycles. The third kappa shape index (κ3) is 7.41. The molecule has 0 spiro atoms. The van der Waals surface area contributed by atoms with Crippen molar-refractivity contribution in [1.29, 1.82) is 0 Å². The van der Waals surface area contributed by atoms with Gasteiger partial charge in [0.2, 0.25) is 0 Å². The minimum atomic E-state index is -1.50. The van der Waals surface area contributed by atoms with Crippen LogP contribution in [0.25, 0.3) is 0 Å². The van der Waals surface area contributed by atoms with Crippen molar-refractivity contribution in [3.05, 3.63) is 70.8 Å². The Morgan fingerprint density at radius 2 is 1.61 bits per heavy atom. The minimum absolute atomic E-state index is 0.371. The van der Waals surface area contributed by atoms with Gasteiger partial charge in [0.05, 0.1) is 13.1 Å². The number of hydrogen-bond acceptors (Lipinski definition) is 7.